The van der Waals surface area contributed by atoms with E-state index in [-0.39, 0.29) is 12.3 Å². The molecule has 1 aromatic carbocycles. The van der Waals surface area contributed by atoms with E-state index in [0.717, 1.165) is 5.56 Å². The SMILES string of the molecule is Cc1cccc(N2CC(O)CC2=O)c1Cl. The molecule has 1 atom stereocenters. The maximum atomic E-state index is 11.6. The van der Waals surface area contributed by atoms with Crippen molar-refractivity contribution in [3.63, 3.8) is 0 Å². The molecule has 1 N–H and O–H groups in total. The summed E-state index contributed by atoms with van der Waals surface area (Å²) in [5.41, 5.74) is 1.63. The molecule has 0 radical (unpaired) electrons. The lowest BCUT2D eigenvalue weighted by molar-refractivity contribution is -0.117. The Balaban J connectivity index is 2.38. The van der Waals surface area contributed by atoms with Crippen LogP contribution >= 0.6 is 11.6 Å². The first-order valence-corrected chi connectivity index (χ1v) is 5.21. The maximum Gasteiger partial charge on any atom is 0.229 e. The van der Waals surface area contributed by atoms with Crippen LogP contribution in [0.3, 0.4) is 0 Å². The van der Waals surface area contributed by atoms with E-state index in [0.29, 0.717) is 17.3 Å². The lowest BCUT2D eigenvalue weighted by Crippen LogP contribution is -2.25. The molecule has 0 aromatic heterocycles. The van der Waals surface area contributed by atoms with Gasteiger partial charge in [0.05, 0.1) is 29.8 Å². The van der Waals surface area contributed by atoms with Gasteiger partial charge >= 0.3 is 0 Å². The van der Waals surface area contributed by atoms with E-state index in [9.17, 15) is 9.90 Å². The largest absolute Gasteiger partial charge is 0.391 e. The number of hydrogen-bond acceptors (Lipinski definition) is 2. The zero-order valence-corrected chi connectivity index (χ0v) is 9.16. The third-order valence-electron chi connectivity index (χ3n) is 2.57. The quantitative estimate of drug-likeness (QED) is 0.791. The highest BCUT2D eigenvalue weighted by molar-refractivity contribution is 6.34. The Labute approximate surface area is 93.3 Å². The molecule has 0 spiro atoms. The molecule has 4 heteroatoms. The van der Waals surface area contributed by atoms with E-state index in [1.165, 1.54) is 0 Å². The first-order chi connectivity index (χ1) is 7.09. The molecule has 1 saturated heterocycles. The summed E-state index contributed by atoms with van der Waals surface area (Å²) in [5, 5.41) is 9.97. The number of amides is 1. The zero-order chi connectivity index (χ0) is 11.0. The van der Waals surface area contributed by atoms with Gasteiger partial charge in [0.1, 0.15) is 0 Å². The van der Waals surface area contributed by atoms with Crippen LogP contribution in [-0.4, -0.2) is 23.7 Å². The molecule has 80 valence electrons. The van der Waals surface area contributed by atoms with E-state index in [4.69, 9.17) is 11.6 Å². The Bertz CT molecular complexity index is 406. The summed E-state index contributed by atoms with van der Waals surface area (Å²) in [6.45, 7) is 2.23. The number of aryl methyl sites for hydroxylation is 1. The predicted octanol–water partition coefficient (Wildman–Crippen LogP) is 1.75. The third kappa shape index (κ3) is 1.85. The molecule has 1 unspecified atom stereocenters. The Morgan fingerprint density at radius 2 is 2.27 bits per heavy atom. The number of β-amino-alcohol motifs (C(OH)–C–C–N with tert-alkyl or cyclic N) is 1. The molecule has 0 bridgehead atoms. The highest BCUT2D eigenvalue weighted by Crippen LogP contribution is 2.31. The fraction of sp³-hybridized carbons (Fsp3) is 0.364. The van der Waals surface area contributed by atoms with Gasteiger partial charge in [-0.2, -0.15) is 0 Å². The lowest BCUT2D eigenvalue weighted by atomic mass is 10.2. The van der Waals surface area contributed by atoms with Crippen molar-refractivity contribution in [1.29, 1.82) is 0 Å². The van der Waals surface area contributed by atoms with Gasteiger partial charge in [-0.1, -0.05) is 23.7 Å². The summed E-state index contributed by atoms with van der Waals surface area (Å²) in [6, 6.07) is 5.54. The average molecular weight is 226 g/mol. The Morgan fingerprint density at radius 3 is 2.87 bits per heavy atom. The summed E-state index contributed by atoms with van der Waals surface area (Å²) in [4.78, 5) is 13.1. The van der Waals surface area contributed by atoms with Crippen molar-refractivity contribution in [2.45, 2.75) is 19.4 Å². The third-order valence-corrected chi connectivity index (χ3v) is 3.06. The van der Waals surface area contributed by atoms with E-state index >= 15 is 0 Å². The second kappa shape index (κ2) is 3.83. The number of halogens is 1. The minimum absolute atomic E-state index is 0.0741. The van der Waals surface area contributed by atoms with Crippen molar-refractivity contribution >= 4 is 23.2 Å². The smallest absolute Gasteiger partial charge is 0.229 e. The van der Waals surface area contributed by atoms with Crippen molar-refractivity contribution in [3.05, 3.63) is 28.8 Å². The number of aliphatic hydroxyl groups excluding tert-OH is 1. The molecular formula is C11H12ClNO2. The van der Waals surface area contributed by atoms with Gasteiger partial charge in [-0.15, -0.1) is 0 Å². The molecule has 1 aliphatic rings. The van der Waals surface area contributed by atoms with Crippen LogP contribution in [0.4, 0.5) is 5.69 Å². The van der Waals surface area contributed by atoms with Crippen molar-refractivity contribution in [2.75, 3.05) is 11.4 Å². The predicted molar refractivity (Wildman–Crippen MR) is 59.2 cm³/mol. The van der Waals surface area contributed by atoms with Crippen LogP contribution in [0.2, 0.25) is 5.02 Å². The van der Waals surface area contributed by atoms with Crippen LogP contribution in [0, 0.1) is 6.92 Å². The number of nitrogens with zero attached hydrogens (tertiary/aromatic N) is 1. The normalized spacial score (nSPS) is 21.1. The van der Waals surface area contributed by atoms with E-state index in [2.05, 4.69) is 0 Å². The fourth-order valence-electron chi connectivity index (χ4n) is 1.76. The number of rotatable bonds is 1. The molecule has 0 aliphatic carbocycles. The van der Waals surface area contributed by atoms with Crippen LogP contribution in [0.25, 0.3) is 0 Å². The standard InChI is InChI=1S/C11H12ClNO2/c1-7-3-2-4-9(11(7)12)13-6-8(14)5-10(13)15/h2-4,8,14H,5-6H2,1H3. The van der Waals surface area contributed by atoms with Crippen LogP contribution in [0.1, 0.15) is 12.0 Å². The molecular weight excluding hydrogens is 214 g/mol. The second-order valence-corrected chi connectivity index (χ2v) is 4.15. The number of hydrogen-bond donors (Lipinski definition) is 1. The molecule has 15 heavy (non-hydrogen) atoms. The molecule has 2 rings (SSSR count). The van der Waals surface area contributed by atoms with E-state index in [1.54, 1.807) is 11.0 Å². The van der Waals surface area contributed by atoms with Gasteiger partial charge in [-0.3, -0.25) is 4.79 Å². The first kappa shape index (κ1) is 10.5. The summed E-state index contributed by atoms with van der Waals surface area (Å²) in [5.74, 6) is -0.0741. The van der Waals surface area contributed by atoms with Crippen molar-refractivity contribution in [2.24, 2.45) is 0 Å². The van der Waals surface area contributed by atoms with Crippen LogP contribution in [0.15, 0.2) is 18.2 Å². The summed E-state index contributed by atoms with van der Waals surface area (Å²) in [7, 11) is 0. The Morgan fingerprint density at radius 1 is 1.53 bits per heavy atom. The highest BCUT2D eigenvalue weighted by Gasteiger charge is 2.30. The minimum atomic E-state index is -0.575. The van der Waals surface area contributed by atoms with Crippen LogP contribution in [-0.2, 0) is 4.79 Å². The summed E-state index contributed by atoms with van der Waals surface area (Å²) >= 11 is 6.11. The van der Waals surface area contributed by atoms with Gasteiger partial charge in [0.25, 0.3) is 0 Å². The fourth-order valence-corrected chi connectivity index (χ4v) is 1.99. The van der Waals surface area contributed by atoms with Crippen LogP contribution in [0.5, 0.6) is 0 Å². The molecule has 1 fully saturated rings. The lowest BCUT2D eigenvalue weighted by Gasteiger charge is -2.18. The first-order valence-electron chi connectivity index (χ1n) is 4.83. The molecule has 1 aromatic rings. The van der Waals surface area contributed by atoms with Gasteiger partial charge in [-0.05, 0) is 18.6 Å². The molecule has 1 aliphatic heterocycles. The molecule has 3 nitrogen and oxygen atoms in total. The van der Waals surface area contributed by atoms with Crippen molar-refractivity contribution in [3.8, 4) is 0 Å². The number of benzene rings is 1. The second-order valence-electron chi connectivity index (χ2n) is 3.77. The van der Waals surface area contributed by atoms with E-state index in [1.807, 2.05) is 19.1 Å². The summed E-state index contributed by atoms with van der Waals surface area (Å²) < 4.78 is 0. The number of carbonyl (C=O) groups is 1. The average Bonchev–Trinajstić information content (AvgIpc) is 2.50. The van der Waals surface area contributed by atoms with Gasteiger partial charge in [0.2, 0.25) is 5.91 Å². The number of carbonyl (C=O) groups excluding carboxylic acids is 1. The summed E-state index contributed by atoms with van der Waals surface area (Å²) in [6.07, 6.45) is -0.390. The van der Waals surface area contributed by atoms with Gasteiger partial charge in [-0.25, -0.2) is 0 Å². The van der Waals surface area contributed by atoms with Crippen molar-refractivity contribution in [1.82, 2.24) is 0 Å². The van der Waals surface area contributed by atoms with Gasteiger partial charge in [0, 0.05) is 0 Å². The minimum Gasteiger partial charge on any atom is -0.391 e. The van der Waals surface area contributed by atoms with E-state index < -0.39 is 6.10 Å². The number of aliphatic hydroxyl groups is 1. The van der Waals surface area contributed by atoms with Crippen molar-refractivity contribution < 1.29 is 9.90 Å². The van der Waals surface area contributed by atoms with Gasteiger partial charge in [0.15, 0.2) is 0 Å². The molecule has 1 heterocycles. The Hall–Kier alpha value is -1.06. The highest BCUT2D eigenvalue weighted by atomic mass is 35.5. The van der Waals surface area contributed by atoms with Crippen LogP contribution < -0.4 is 4.90 Å². The van der Waals surface area contributed by atoms with Gasteiger partial charge < -0.3 is 10.0 Å². The molecule has 0 saturated carbocycles. The maximum absolute atomic E-state index is 11.6. The monoisotopic (exact) mass is 225 g/mol. The Kier molecular flexibility index (Phi) is 2.67. The topological polar surface area (TPSA) is 40.5 Å². The number of anilines is 1. The molecule has 1 amide bonds. The zero-order valence-electron chi connectivity index (χ0n) is 8.40.